The molecule has 0 atom stereocenters. The number of pyridine rings is 1. The summed E-state index contributed by atoms with van der Waals surface area (Å²) in [4.78, 5) is 22.9. The molecule has 3 heterocycles. The van der Waals surface area contributed by atoms with Gasteiger partial charge < -0.3 is 0 Å². The van der Waals surface area contributed by atoms with Crippen LogP contribution >= 0.6 is 0 Å². The second-order valence-electron chi connectivity index (χ2n) is 6.76. The second-order valence-corrected chi connectivity index (χ2v) is 6.76. The van der Waals surface area contributed by atoms with Gasteiger partial charge in [0, 0.05) is 5.39 Å². The van der Waals surface area contributed by atoms with Crippen molar-refractivity contribution in [1.82, 2.24) is 18.9 Å². The molecule has 0 N–H and O–H groups in total. The molecule has 0 spiro atoms. The maximum absolute atomic E-state index is 13.2. The lowest BCUT2D eigenvalue weighted by molar-refractivity contribution is 1.02. The standard InChI is InChI=1S/C23H14N4O/c28-22-16-8-2-4-10-18(16)25-23-26(19-11-5-6-12-20(19)27(22)23)21-14-13-15-7-1-3-9-17(15)24-21/h1-14H. The Morgan fingerprint density at radius 2 is 1.36 bits per heavy atom. The van der Waals surface area contributed by atoms with Gasteiger partial charge in [-0.05, 0) is 42.5 Å². The summed E-state index contributed by atoms with van der Waals surface area (Å²) in [5.41, 5.74) is 3.22. The number of imidazole rings is 1. The smallest absolute Gasteiger partial charge is 0.267 e. The molecule has 0 saturated carbocycles. The summed E-state index contributed by atoms with van der Waals surface area (Å²) >= 11 is 0. The summed E-state index contributed by atoms with van der Waals surface area (Å²) in [6, 6.07) is 27.3. The third kappa shape index (κ3) is 1.98. The fourth-order valence-electron chi connectivity index (χ4n) is 3.84. The van der Waals surface area contributed by atoms with Crippen molar-refractivity contribution < 1.29 is 0 Å². The molecule has 0 radical (unpaired) electrons. The predicted octanol–water partition coefficient (Wildman–Crippen LogP) is 4.34. The highest BCUT2D eigenvalue weighted by atomic mass is 16.1. The minimum atomic E-state index is -0.0728. The Morgan fingerprint density at radius 3 is 2.25 bits per heavy atom. The molecule has 0 amide bonds. The van der Waals surface area contributed by atoms with Crippen molar-refractivity contribution in [3.8, 4) is 5.82 Å². The van der Waals surface area contributed by atoms with Gasteiger partial charge in [0.05, 0.1) is 27.5 Å². The average Bonchev–Trinajstić information content (AvgIpc) is 3.08. The van der Waals surface area contributed by atoms with Crippen LogP contribution in [0, 0.1) is 0 Å². The zero-order chi connectivity index (χ0) is 18.7. The summed E-state index contributed by atoms with van der Waals surface area (Å²) in [6.45, 7) is 0. The van der Waals surface area contributed by atoms with Crippen LogP contribution in [-0.2, 0) is 0 Å². The molecule has 5 heteroatoms. The number of hydrogen-bond donors (Lipinski definition) is 0. The van der Waals surface area contributed by atoms with E-state index in [9.17, 15) is 4.79 Å². The van der Waals surface area contributed by atoms with E-state index in [1.165, 1.54) is 0 Å². The van der Waals surface area contributed by atoms with Crippen molar-refractivity contribution in [1.29, 1.82) is 0 Å². The van der Waals surface area contributed by atoms with Crippen LogP contribution in [0.25, 0.3) is 44.4 Å². The molecule has 6 rings (SSSR count). The van der Waals surface area contributed by atoms with E-state index < -0.39 is 0 Å². The first-order valence-corrected chi connectivity index (χ1v) is 9.08. The van der Waals surface area contributed by atoms with Gasteiger partial charge >= 0.3 is 0 Å². The Balaban J connectivity index is 1.83. The van der Waals surface area contributed by atoms with E-state index in [2.05, 4.69) is 0 Å². The lowest BCUT2D eigenvalue weighted by atomic mass is 10.2. The zero-order valence-corrected chi connectivity index (χ0v) is 14.8. The molecule has 6 aromatic rings. The van der Waals surface area contributed by atoms with E-state index in [0.29, 0.717) is 16.7 Å². The predicted molar refractivity (Wildman–Crippen MR) is 111 cm³/mol. The van der Waals surface area contributed by atoms with E-state index in [-0.39, 0.29) is 5.56 Å². The third-order valence-corrected chi connectivity index (χ3v) is 5.13. The SMILES string of the molecule is O=c1c2ccccc2nc2n(-c3ccc4ccccc4n3)c3ccccc3n12. The van der Waals surface area contributed by atoms with Gasteiger partial charge in [-0.25, -0.2) is 14.4 Å². The molecule has 0 aliphatic rings. The van der Waals surface area contributed by atoms with Crippen LogP contribution in [0.1, 0.15) is 0 Å². The molecule has 0 unspecified atom stereocenters. The Labute approximate surface area is 159 Å². The quantitative estimate of drug-likeness (QED) is 0.437. The number of rotatable bonds is 1. The molecule has 5 nitrogen and oxygen atoms in total. The molecule has 0 fully saturated rings. The summed E-state index contributed by atoms with van der Waals surface area (Å²) in [5.74, 6) is 1.30. The van der Waals surface area contributed by atoms with Gasteiger partial charge in [0.2, 0.25) is 5.78 Å². The van der Waals surface area contributed by atoms with E-state index in [4.69, 9.17) is 9.97 Å². The van der Waals surface area contributed by atoms with Crippen LogP contribution in [0.15, 0.2) is 89.7 Å². The van der Waals surface area contributed by atoms with Crippen molar-refractivity contribution in [2.24, 2.45) is 0 Å². The van der Waals surface area contributed by atoms with Crippen LogP contribution < -0.4 is 5.56 Å². The highest BCUT2D eigenvalue weighted by molar-refractivity contribution is 5.88. The van der Waals surface area contributed by atoms with Crippen molar-refractivity contribution >= 4 is 38.6 Å². The summed E-state index contributed by atoms with van der Waals surface area (Å²) in [7, 11) is 0. The van der Waals surface area contributed by atoms with Gasteiger partial charge in [-0.3, -0.25) is 9.36 Å². The normalized spacial score (nSPS) is 11.7. The first-order valence-electron chi connectivity index (χ1n) is 9.08. The molecular weight excluding hydrogens is 348 g/mol. The molecule has 132 valence electrons. The topological polar surface area (TPSA) is 52.2 Å². The van der Waals surface area contributed by atoms with Crippen molar-refractivity contribution in [2.45, 2.75) is 0 Å². The van der Waals surface area contributed by atoms with Crippen LogP contribution in [0.2, 0.25) is 0 Å². The van der Waals surface area contributed by atoms with Crippen LogP contribution in [0.4, 0.5) is 0 Å². The van der Waals surface area contributed by atoms with E-state index in [0.717, 1.165) is 27.8 Å². The van der Waals surface area contributed by atoms with Gasteiger partial charge in [-0.1, -0.05) is 42.5 Å². The molecule has 28 heavy (non-hydrogen) atoms. The van der Waals surface area contributed by atoms with Gasteiger partial charge in [-0.15, -0.1) is 0 Å². The van der Waals surface area contributed by atoms with Crippen molar-refractivity contribution in [3.05, 3.63) is 95.3 Å². The van der Waals surface area contributed by atoms with E-state index in [1.54, 1.807) is 4.40 Å². The number of hydrogen-bond acceptors (Lipinski definition) is 3. The number of para-hydroxylation sites is 4. The number of benzene rings is 3. The number of nitrogens with zero attached hydrogens (tertiary/aromatic N) is 4. The highest BCUT2D eigenvalue weighted by Crippen LogP contribution is 2.25. The van der Waals surface area contributed by atoms with Gasteiger partial charge in [0.15, 0.2) is 0 Å². The third-order valence-electron chi connectivity index (χ3n) is 5.13. The molecule has 0 bridgehead atoms. The van der Waals surface area contributed by atoms with Crippen molar-refractivity contribution in [3.63, 3.8) is 0 Å². The van der Waals surface area contributed by atoms with Gasteiger partial charge in [0.25, 0.3) is 5.56 Å². The number of aromatic nitrogens is 4. The minimum absolute atomic E-state index is 0.0728. The van der Waals surface area contributed by atoms with E-state index in [1.807, 2.05) is 89.5 Å². The molecule has 0 saturated heterocycles. The van der Waals surface area contributed by atoms with Gasteiger partial charge in [0.1, 0.15) is 5.82 Å². The first kappa shape index (κ1) is 15.1. The molecule has 3 aromatic heterocycles. The first-order chi connectivity index (χ1) is 13.8. The Kier molecular flexibility index (Phi) is 2.97. The molecular formula is C23H14N4O. The summed E-state index contributed by atoms with van der Waals surface area (Å²) in [5, 5.41) is 1.68. The minimum Gasteiger partial charge on any atom is -0.268 e. The fraction of sp³-hybridized carbons (Fsp3) is 0. The van der Waals surface area contributed by atoms with Crippen LogP contribution in [0.3, 0.4) is 0 Å². The maximum Gasteiger partial charge on any atom is 0.267 e. The summed E-state index contributed by atoms with van der Waals surface area (Å²) in [6.07, 6.45) is 0. The second kappa shape index (κ2) is 5.50. The largest absolute Gasteiger partial charge is 0.268 e. The Hall–Kier alpha value is -3.99. The average molecular weight is 362 g/mol. The Bertz CT molecular complexity index is 1590. The molecule has 3 aromatic carbocycles. The monoisotopic (exact) mass is 362 g/mol. The van der Waals surface area contributed by atoms with E-state index >= 15 is 0 Å². The lowest BCUT2D eigenvalue weighted by Crippen LogP contribution is -2.15. The fourth-order valence-corrected chi connectivity index (χ4v) is 3.84. The van der Waals surface area contributed by atoms with Crippen LogP contribution in [0.5, 0.6) is 0 Å². The molecule has 0 aliphatic carbocycles. The summed E-state index contributed by atoms with van der Waals surface area (Å²) < 4.78 is 3.63. The zero-order valence-electron chi connectivity index (χ0n) is 14.8. The molecule has 0 aliphatic heterocycles. The van der Waals surface area contributed by atoms with Crippen molar-refractivity contribution in [2.75, 3.05) is 0 Å². The highest BCUT2D eigenvalue weighted by Gasteiger charge is 2.17. The van der Waals surface area contributed by atoms with Gasteiger partial charge in [-0.2, -0.15) is 0 Å². The lowest BCUT2D eigenvalue weighted by Gasteiger charge is -2.07. The maximum atomic E-state index is 13.2. The number of fused-ring (bicyclic) bond motifs is 5. The van der Waals surface area contributed by atoms with Crippen LogP contribution in [-0.4, -0.2) is 18.9 Å². The Morgan fingerprint density at radius 1 is 0.643 bits per heavy atom.